The molecule has 3 unspecified atom stereocenters. The molecule has 15 nitrogen and oxygen atoms in total. The van der Waals surface area contributed by atoms with Crippen LogP contribution in [0.15, 0.2) is 0 Å². The third-order valence-electron chi connectivity index (χ3n) is 6.21. The molecule has 3 aliphatic rings. The highest BCUT2D eigenvalue weighted by Gasteiger charge is 2.36. The second-order valence-electron chi connectivity index (χ2n) is 9.28. The molecule has 39 heavy (non-hydrogen) atoms. The summed E-state index contributed by atoms with van der Waals surface area (Å²) in [5.74, 6) is -5.61. The Labute approximate surface area is 227 Å². The van der Waals surface area contributed by atoms with Crippen molar-refractivity contribution in [1.29, 1.82) is 0 Å². The monoisotopic (exact) mass is 569 g/mol. The molecule has 214 valence electrons. The number of rotatable bonds is 14. The van der Waals surface area contributed by atoms with E-state index in [4.69, 9.17) is 9.68 Å². The number of carbonyl (C=O) groups excluding carboxylic acids is 8. The third-order valence-corrected chi connectivity index (χ3v) is 7.22. The fourth-order valence-corrected chi connectivity index (χ4v) is 4.88. The lowest BCUT2D eigenvalue weighted by Gasteiger charge is -2.20. The third kappa shape index (κ3) is 8.66. The zero-order chi connectivity index (χ0) is 28.5. The average Bonchev–Trinajstić information content (AvgIpc) is 3.49. The Hall–Kier alpha value is -3.69. The van der Waals surface area contributed by atoms with E-state index in [1.54, 1.807) is 0 Å². The number of hydrogen-bond acceptors (Lipinski definition) is 11. The molecule has 0 aromatic carbocycles. The summed E-state index contributed by atoms with van der Waals surface area (Å²) in [6, 6.07) is -1.46. The van der Waals surface area contributed by atoms with E-state index in [0.717, 1.165) is 24.6 Å². The van der Waals surface area contributed by atoms with Gasteiger partial charge in [-0.1, -0.05) is 12.8 Å². The predicted molar refractivity (Wildman–Crippen MR) is 132 cm³/mol. The van der Waals surface area contributed by atoms with Crippen LogP contribution in [0.3, 0.4) is 0 Å². The smallest absolute Gasteiger partial charge is 0.342 e. The fraction of sp³-hybridized carbons (Fsp3) is 0.652. The molecular formula is C23H31N5O10S. The Morgan fingerprint density at radius 3 is 2.05 bits per heavy atom. The second-order valence-corrected chi connectivity index (χ2v) is 10.3. The van der Waals surface area contributed by atoms with Crippen molar-refractivity contribution in [2.75, 3.05) is 11.5 Å². The molecule has 3 saturated heterocycles. The molecule has 0 aromatic rings. The maximum atomic E-state index is 12.7. The van der Waals surface area contributed by atoms with E-state index in [2.05, 4.69) is 16.0 Å². The van der Waals surface area contributed by atoms with Crippen LogP contribution in [-0.2, 0) is 43.2 Å². The summed E-state index contributed by atoms with van der Waals surface area (Å²) in [7, 11) is 0. The minimum absolute atomic E-state index is 0.0203. The van der Waals surface area contributed by atoms with Crippen molar-refractivity contribution in [1.82, 2.24) is 26.1 Å². The molecule has 0 radical (unpaired) electrons. The van der Waals surface area contributed by atoms with Gasteiger partial charge in [-0.3, -0.25) is 24.0 Å². The van der Waals surface area contributed by atoms with Crippen molar-refractivity contribution < 1.29 is 48.0 Å². The molecule has 3 atom stereocenters. The minimum Gasteiger partial charge on any atom is -0.342 e. The van der Waals surface area contributed by atoms with Crippen molar-refractivity contribution in [2.45, 2.75) is 82.8 Å². The standard InChI is InChI=1S/C23H31N5O10S/c1-13-14(26-23(36)24-13)5-3-2-4-6-16(29)25-15(22(35)38-28-19(32)9-10-20(28)33)11-39-12-21(34)37-27-17(30)7-8-18(27)31/h13-15H,2-12H2,1H3,(H,25,29)(H2,24,26,36). The van der Waals surface area contributed by atoms with Crippen molar-refractivity contribution >= 4 is 59.3 Å². The molecule has 3 fully saturated rings. The van der Waals surface area contributed by atoms with Crippen molar-refractivity contribution in [2.24, 2.45) is 0 Å². The van der Waals surface area contributed by atoms with E-state index in [1.807, 2.05) is 6.92 Å². The first kappa shape index (κ1) is 29.9. The first-order valence-corrected chi connectivity index (χ1v) is 13.8. The quantitative estimate of drug-likeness (QED) is 0.179. The number of nitrogens with one attached hydrogen (secondary N) is 3. The van der Waals surface area contributed by atoms with E-state index in [1.165, 1.54) is 0 Å². The number of carbonyl (C=O) groups is 8. The van der Waals surface area contributed by atoms with Gasteiger partial charge in [-0.15, -0.1) is 21.9 Å². The maximum Gasteiger partial charge on any atom is 0.356 e. The summed E-state index contributed by atoms with van der Waals surface area (Å²) in [6.07, 6.45) is 2.51. The SMILES string of the molecule is CC1NC(=O)NC1CCCCCC(=O)NC(CSCC(=O)ON1C(=O)CCC1=O)C(=O)ON1C(=O)CCC1=O. The molecule has 0 bridgehead atoms. The lowest BCUT2D eigenvalue weighted by atomic mass is 10.0. The molecule has 16 heteroatoms. The van der Waals surface area contributed by atoms with Crippen LogP contribution in [0.5, 0.6) is 0 Å². The predicted octanol–water partition coefficient (Wildman–Crippen LogP) is -0.561. The number of nitrogens with zero attached hydrogens (tertiary/aromatic N) is 2. The van der Waals surface area contributed by atoms with Gasteiger partial charge < -0.3 is 25.6 Å². The Morgan fingerprint density at radius 1 is 0.897 bits per heavy atom. The molecule has 3 rings (SSSR count). The van der Waals surface area contributed by atoms with Crippen LogP contribution < -0.4 is 16.0 Å². The summed E-state index contributed by atoms with van der Waals surface area (Å²) < 4.78 is 0. The van der Waals surface area contributed by atoms with E-state index in [-0.39, 0.29) is 61.7 Å². The van der Waals surface area contributed by atoms with Crippen molar-refractivity contribution in [3.8, 4) is 0 Å². The van der Waals surface area contributed by atoms with Crippen LogP contribution in [-0.4, -0.2) is 87.3 Å². The van der Waals surface area contributed by atoms with Gasteiger partial charge in [0.05, 0.1) is 11.8 Å². The van der Waals surface area contributed by atoms with Crippen LogP contribution in [0.1, 0.15) is 64.7 Å². The zero-order valence-electron chi connectivity index (χ0n) is 21.4. The number of hydroxylamine groups is 4. The number of amides is 7. The van der Waals surface area contributed by atoms with Gasteiger partial charge in [0.1, 0.15) is 6.04 Å². The van der Waals surface area contributed by atoms with Gasteiger partial charge in [-0.25, -0.2) is 14.4 Å². The van der Waals surface area contributed by atoms with E-state index in [0.29, 0.717) is 23.0 Å². The van der Waals surface area contributed by atoms with Crippen LogP contribution in [0.25, 0.3) is 0 Å². The Bertz CT molecular complexity index is 1000. The number of imide groups is 2. The van der Waals surface area contributed by atoms with Gasteiger partial charge in [0.2, 0.25) is 5.91 Å². The van der Waals surface area contributed by atoms with Gasteiger partial charge in [-0.05, 0) is 19.8 Å². The van der Waals surface area contributed by atoms with Crippen LogP contribution >= 0.6 is 11.8 Å². The lowest BCUT2D eigenvalue weighted by Crippen LogP contribution is -2.47. The normalized spacial score (nSPS) is 21.6. The minimum atomic E-state index is -1.30. The Balaban J connectivity index is 1.45. The molecule has 0 saturated carbocycles. The topological polar surface area (TPSA) is 198 Å². The first-order chi connectivity index (χ1) is 18.5. The molecule has 3 N–H and O–H groups in total. The molecule has 0 aliphatic carbocycles. The van der Waals surface area contributed by atoms with Gasteiger partial charge in [-0.2, -0.15) is 0 Å². The lowest BCUT2D eigenvalue weighted by molar-refractivity contribution is -0.198. The van der Waals surface area contributed by atoms with E-state index in [9.17, 15) is 38.4 Å². The summed E-state index contributed by atoms with van der Waals surface area (Å²) in [5, 5.41) is 8.86. The summed E-state index contributed by atoms with van der Waals surface area (Å²) >= 11 is 0.863. The number of thioether (sulfide) groups is 1. The van der Waals surface area contributed by atoms with Gasteiger partial charge in [0.25, 0.3) is 23.6 Å². The molecule has 0 spiro atoms. The Morgan fingerprint density at radius 2 is 1.49 bits per heavy atom. The highest BCUT2D eigenvalue weighted by molar-refractivity contribution is 8.00. The van der Waals surface area contributed by atoms with Crippen LogP contribution in [0, 0.1) is 0 Å². The summed E-state index contributed by atoms with van der Waals surface area (Å²) in [5.41, 5.74) is 0. The number of hydrogen-bond donors (Lipinski definition) is 3. The van der Waals surface area contributed by atoms with Gasteiger partial charge >= 0.3 is 18.0 Å². The molecule has 3 aliphatic heterocycles. The number of urea groups is 1. The maximum absolute atomic E-state index is 12.7. The van der Waals surface area contributed by atoms with Gasteiger partial charge in [0, 0.05) is 43.9 Å². The first-order valence-electron chi connectivity index (χ1n) is 12.6. The molecule has 7 amide bonds. The second kappa shape index (κ2) is 13.9. The van der Waals surface area contributed by atoms with Crippen molar-refractivity contribution in [3.05, 3.63) is 0 Å². The van der Waals surface area contributed by atoms with Crippen LogP contribution in [0.2, 0.25) is 0 Å². The summed E-state index contributed by atoms with van der Waals surface area (Å²) in [6.45, 7) is 1.90. The van der Waals surface area contributed by atoms with E-state index >= 15 is 0 Å². The molecule has 3 heterocycles. The highest BCUT2D eigenvalue weighted by Crippen LogP contribution is 2.16. The summed E-state index contributed by atoms with van der Waals surface area (Å²) in [4.78, 5) is 105. The van der Waals surface area contributed by atoms with E-state index < -0.39 is 47.5 Å². The van der Waals surface area contributed by atoms with Crippen LogP contribution in [0.4, 0.5) is 4.79 Å². The average molecular weight is 570 g/mol. The molecule has 0 aromatic heterocycles. The number of unbranched alkanes of at least 4 members (excludes halogenated alkanes) is 2. The highest BCUT2D eigenvalue weighted by atomic mass is 32.2. The largest absolute Gasteiger partial charge is 0.356 e. The Kier molecular flexibility index (Phi) is 10.7. The fourth-order valence-electron chi connectivity index (χ4n) is 4.08. The van der Waals surface area contributed by atoms with Crippen molar-refractivity contribution in [3.63, 3.8) is 0 Å². The van der Waals surface area contributed by atoms with Gasteiger partial charge in [0.15, 0.2) is 0 Å². The molecular weight excluding hydrogens is 538 g/mol. The zero-order valence-corrected chi connectivity index (χ0v) is 22.2.